The van der Waals surface area contributed by atoms with Crippen molar-refractivity contribution in [2.24, 2.45) is 5.92 Å². The number of fused-ring (bicyclic) bond motifs is 1. The van der Waals surface area contributed by atoms with E-state index in [2.05, 4.69) is 34.3 Å². The van der Waals surface area contributed by atoms with Gasteiger partial charge in [0.1, 0.15) is 12.1 Å². The summed E-state index contributed by atoms with van der Waals surface area (Å²) in [5.74, 6) is 0.104. The lowest BCUT2D eigenvalue weighted by Crippen LogP contribution is -2.44. The van der Waals surface area contributed by atoms with Gasteiger partial charge in [0.15, 0.2) is 0 Å². The molecule has 0 bridgehead atoms. The first kappa shape index (κ1) is 18.3. The molecule has 2 heterocycles. The molecule has 1 aromatic heterocycles. The maximum Gasteiger partial charge on any atom is 0.232 e. The highest BCUT2D eigenvalue weighted by Gasteiger charge is 2.39. The fraction of sp³-hybridized carbons (Fsp3) is 0.318. The lowest BCUT2D eigenvalue weighted by Gasteiger charge is -2.40. The zero-order valence-electron chi connectivity index (χ0n) is 16.2. The first-order valence-electron chi connectivity index (χ1n) is 9.50. The summed E-state index contributed by atoms with van der Waals surface area (Å²) >= 11 is 0. The minimum absolute atomic E-state index is 0.0115. The van der Waals surface area contributed by atoms with Gasteiger partial charge in [-0.25, -0.2) is 9.07 Å². The monoisotopic (exact) mass is 378 g/mol. The number of benzene rings is 2. The quantitative estimate of drug-likeness (QED) is 0.677. The number of carbonyl (C=O) groups excluding carboxylic acids is 1. The predicted molar refractivity (Wildman–Crippen MR) is 105 cm³/mol. The van der Waals surface area contributed by atoms with E-state index >= 15 is 0 Å². The Labute approximate surface area is 163 Å². The number of hydrogen-bond acceptors (Lipinski definition) is 3. The van der Waals surface area contributed by atoms with Crippen molar-refractivity contribution in [3.63, 3.8) is 0 Å². The maximum atomic E-state index is 13.4. The highest BCUT2D eigenvalue weighted by molar-refractivity contribution is 5.94. The molecule has 2 atom stereocenters. The molecule has 0 aliphatic carbocycles. The summed E-state index contributed by atoms with van der Waals surface area (Å²) in [7, 11) is 0. The van der Waals surface area contributed by atoms with Crippen LogP contribution in [0.3, 0.4) is 0 Å². The topological polar surface area (TPSA) is 51.0 Å². The summed E-state index contributed by atoms with van der Waals surface area (Å²) < 4.78 is 15.2. The molecule has 28 heavy (non-hydrogen) atoms. The molecule has 0 saturated heterocycles. The minimum Gasteiger partial charge on any atom is -0.274 e. The van der Waals surface area contributed by atoms with Crippen molar-refractivity contribution >= 4 is 11.9 Å². The van der Waals surface area contributed by atoms with Crippen LogP contribution in [0.2, 0.25) is 0 Å². The van der Waals surface area contributed by atoms with Crippen molar-refractivity contribution in [1.82, 2.24) is 14.8 Å². The Balaban J connectivity index is 1.84. The molecule has 4 rings (SSSR count). The van der Waals surface area contributed by atoms with Crippen LogP contribution in [0, 0.1) is 18.7 Å². The van der Waals surface area contributed by atoms with E-state index < -0.39 is 0 Å². The van der Waals surface area contributed by atoms with Crippen LogP contribution >= 0.6 is 0 Å². The van der Waals surface area contributed by atoms with Gasteiger partial charge in [0.05, 0.1) is 12.1 Å². The number of halogens is 1. The second-order valence-corrected chi connectivity index (χ2v) is 7.60. The number of carbonyl (C=O) groups is 1. The summed E-state index contributed by atoms with van der Waals surface area (Å²) in [6.45, 7) is 5.82. The molecule has 1 amide bonds. The van der Waals surface area contributed by atoms with Gasteiger partial charge in [-0.3, -0.25) is 9.69 Å². The van der Waals surface area contributed by atoms with Crippen molar-refractivity contribution < 1.29 is 9.18 Å². The van der Waals surface area contributed by atoms with Gasteiger partial charge in [0, 0.05) is 5.92 Å². The molecule has 0 fully saturated rings. The Morgan fingerprint density at radius 2 is 1.64 bits per heavy atom. The molecule has 1 aliphatic heterocycles. The summed E-state index contributed by atoms with van der Waals surface area (Å²) in [5.41, 5.74) is 3.17. The summed E-state index contributed by atoms with van der Waals surface area (Å²) in [6.07, 6.45) is 2.12. The van der Waals surface area contributed by atoms with Crippen LogP contribution in [0.4, 0.5) is 10.3 Å². The van der Waals surface area contributed by atoms with E-state index in [-0.39, 0.29) is 29.7 Å². The van der Waals surface area contributed by atoms with Gasteiger partial charge < -0.3 is 0 Å². The van der Waals surface area contributed by atoms with Gasteiger partial charge >= 0.3 is 0 Å². The number of aromatic nitrogens is 3. The number of anilines is 1. The molecule has 2 aromatic carbocycles. The van der Waals surface area contributed by atoms with Crippen molar-refractivity contribution in [3.05, 3.63) is 77.4 Å². The fourth-order valence-corrected chi connectivity index (χ4v) is 3.76. The standard InChI is InChI=1S/C22H23FN4O/c1-14(2)21(28)26-19(16-6-4-15(3)5-7-16)12-20(27-22(26)24-13-25-27)17-8-10-18(23)11-9-17/h4-11,13-14,19-20H,12H2,1-3H3/t19-,20-/m1/s1. The molecule has 0 spiro atoms. The van der Waals surface area contributed by atoms with Crippen LogP contribution in [-0.2, 0) is 4.79 Å². The van der Waals surface area contributed by atoms with Crippen LogP contribution in [0.5, 0.6) is 0 Å². The Morgan fingerprint density at radius 1 is 1.04 bits per heavy atom. The number of amides is 1. The van der Waals surface area contributed by atoms with Crippen molar-refractivity contribution in [1.29, 1.82) is 0 Å². The summed E-state index contributed by atoms with van der Waals surface area (Å²) in [5, 5.41) is 4.39. The zero-order valence-corrected chi connectivity index (χ0v) is 16.2. The lowest BCUT2D eigenvalue weighted by molar-refractivity contribution is -0.122. The Morgan fingerprint density at radius 3 is 2.29 bits per heavy atom. The molecular formula is C22H23FN4O. The highest BCUT2D eigenvalue weighted by Crippen LogP contribution is 2.42. The highest BCUT2D eigenvalue weighted by atomic mass is 19.1. The van der Waals surface area contributed by atoms with Gasteiger partial charge in [0.2, 0.25) is 11.9 Å². The molecule has 3 aromatic rings. The normalized spacial score (nSPS) is 19.0. The van der Waals surface area contributed by atoms with Crippen LogP contribution < -0.4 is 4.90 Å². The van der Waals surface area contributed by atoms with E-state index in [1.807, 2.05) is 20.8 Å². The summed E-state index contributed by atoms with van der Waals surface area (Å²) in [4.78, 5) is 19.3. The Hall–Kier alpha value is -3.02. The van der Waals surface area contributed by atoms with Crippen LogP contribution in [0.25, 0.3) is 0 Å². The number of rotatable bonds is 3. The smallest absolute Gasteiger partial charge is 0.232 e. The van der Waals surface area contributed by atoms with E-state index in [1.165, 1.54) is 24.0 Å². The predicted octanol–water partition coefficient (Wildman–Crippen LogP) is 4.45. The average molecular weight is 378 g/mol. The Bertz CT molecular complexity index is 979. The summed E-state index contributed by atoms with van der Waals surface area (Å²) in [6, 6.07) is 14.4. The molecule has 5 nitrogen and oxygen atoms in total. The first-order valence-corrected chi connectivity index (χ1v) is 9.50. The second-order valence-electron chi connectivity index (χ2n) is 7.60. The third-order valence-corrected chi connectivity index (χ3v) is 5.27. The van der Waals surface area contributed by atoms with E-state index in [0.717, 1.165) is 11.1 Å². The number of nitrogens with zero attached hydrogens (tertiary/aromatic N) is 4. The van der Waals surface area contributed by atoms with Gasteiger partial charge in [-0.1, -0.05) is 55.8 Å². The van der Waals surface area contributed by atoms with Gasteiger partial charge in [0.25, 0.3) is 0 Å². The average Bonchev–Trinajstić information content (AvgIpc) is 3.17. The largest absolute Gasteiger partial charge is 0.274 e. The van der Waals surface area contributed by atoms with Crippen molar-refractivity contribution in [3.8, 4) is 0 Å². The molecule has 1 aliphatic rings. The molecule has 6 heteroatoms. The van der Waals surface area contributed by atoms with Gasteiger partial charge in [-0.2, -0.15) is 10.1 Å². The van der Waals surface area contributed by atoms with E-state index in [9.17, 15) is 9.18 Å². The molecule has 0 saturated carbocycles. The number of hydrogen-bond donors (Lipinski definition) is 0. The maximum absolute atomic E-state index is 13.4. The van der Waals surface area contributed by atoms with E-state index in [1.54, 1.807) is 21.7 Å². The van der Waals surface area contributed by atoms with Crippen molar-refractivity contribution in [2.45, 2.75) is 39.3 Å². The second kappa shape index (κ2) is 7.19. The van der Waals surface area contributed by atoms with Crippen LogP contribution in [0.15, 0.2) is 54.9 Å². The van der Waals surface area contributed by atoms with E-state index in [4.69, 9.17) is 0 Å². The van der Waals surface area contributed by atoms with Gasteiger partial charge in [-0.05, 0) is 36.6 Å². The number of aryl methyl sites for hydroxylation is 1. The lowest BCUT2D eigenvalue weighted by atomic mass is 9.91. The fourth-order valence-electron chi connectivity index (χ4n) is 3.76. The molecule has 0 unspecified atom stereocenters. The molecule has 144 valence electrons. The van der Waals surface area contributed by atoms with Crippen LogP contribution in [-0.4, -0.2) is 20.7 Å². The molecule has 0 N–H and O–H groups in total. The zero-order chi connectivity index (χ0) is 19.8. The molecular weight excluding hydrogens is 355 g/mol. The van der Waals surface area contributed by atoms with Gasteiger partial charge in [-0.15, -0.1) is 0 Å². The third-order valence-electron chi connectivity index (χ3n) is 5.27. The third kappa shape index (κ3) is 3.19. The van der Waals surface area contributed by atoms with Crippen LogP contribution in [0.1, 0.15) is 49.0 Å². The minimum atomic E-state index is -0.273. The van der Waals surface area contributed by atoms with Crippen molar-refractivity contribution in [2.75, 3.05) is 4.90 Å². The SMILES string of the molecule is Cc1ccc([C@H]2C[C@H](c3ccc(F)cc3)n3ncnc3N2C(=O)C(C)C)cc1. The first-order chi connectivity index (χ1) is 13.5. The van der Waals surface area contributed by atoms with E-state index in [0.29, 0.717) is 12.4 Å². The molecule has 0 radical (unpaired) electrons. The Kier molecular flexibility index (Phi) is 4.71.